The Balaban J connectivity index is 2.89. The van der Waals surface area contributed by atoms with E-state index in [0.29, 0.717) is 11.6 Å². The van der Waals surface area contributed by atoms with E-state index in [4.69, 9.17) is 16.3 Å². The topological polar surface area (TPSA) is 38.3 Å². The van der Waals surface area contributed by atoms with Crippen molar-refractivity contribution >= 4 is 17.6 Å². The van der Waals surface area contributed by atoms with Crippen molar-refractivity contribution in [1.29, 1.82) is 0 Å². The molecule has 3 nitrogen and oxygen atoms in total. The Morgan fingerprint density at radius 3 is 2.71 bits per heavy atom. The molecule has 0 saturated heterocycles. The Morgan fingerprint density at radius 1 is 1.41 bits per heavy atom. The fourth-order valence-electron chi connectivity index (χ4n) is 1.54. The molecule has 0 heterocycles. The average Bonchev–Trinajstić information content (AvgIpc) is 2.32. The third kappa shape index (κ3) is 4.02. The third-order valence-corrected chi connectivity index (χ3v) is 2.68. The SMILES string of the molecule is CCCNC(C(=O)OCC)c1ccccc1Cl. The smallest absolute Gasteiger partial charge is 0.327 e. The lowest BCUT2D eigenvalue weighted by Crippen LogP contribution is -2.31. The van der Waals surface area contributed by atoms with E-state index in [0.717, 1.165) is 18.5 Å². The molecular formula is C13H18ClNO2. The lowest BCUT2D eigenvalue weighted by molar-refractivity contribution is -0.145. The van der Waals surface area contributed by atoms with Crippen molar-refractivity contribution in [3.8, 4) is 0 Å². The molecule has 0 amide bonds. The van der Waals surface area contributed by atoms with Crippen LogP contribution in [0, 0.1) is 0 Å². The molecular weight excluding hydrogens is 238 g/mol. The van der Waals surface area contributed by atoms with Crippen LogP contribution in [0.15, 0.2) is 24.3 Å². The summed E-state index contributed by atoms with van der Waals surface area (Å²) < 4.78 is 5.05. The largest absolute Gasteiger partial charge is 0.465 e. The molecule has 0 aliphatic heterocycles. The number of ether oxygens (including phenoxy) is 1. The van der Waals surface area contributed by atoms with E-state index in [1.807, 2.05) is 25.1 Å². The van der Waals surface area contributed by atoms with Gasteiger partial charge >= 0.3 is 5.97 Å². The van der Waals surface area contributed by atoms with Crippen LogP contribution >= 0.6 is 11.6 Å². The zero-order chi connectivity index (χ0) is 12.7. The molecule has 1 rings (SSSR count). The van der Waals surface area contributed by atoms with Crippen molar-refractivity contribution < 1.29 is 9.53 Å². The maximum atomic E-state index is 11.9. The Hall–Kier alpha value is -1.06. The van der Waals surface area contributed by atoms with Gasteiger partial charge < -0.3 is 10.1 Å². The number of hydrogen-bond donors (Lipinski definition) is 1. The highest BCUT2D eigenvalue weighted by Crippen LogP contribution is 2.23. The van der Waals surface area contributed by atoms with Crippen LogP contribution in [0.4, 0.5) is 0 Å². The maximum Gasteiger partial charge on any atom is 0.327 e. The molecule has 0 aliphatic carbocycles. The number of benzene rings is 1. The van der Waals surface area contributed by atoms with Crippen LogP contribution in [-0.2, 0) is 9.53 Å². The predicted octanol–water partition coefficient (Wildman–Crippen LogP) is 2.94. The van der Waals surface area contributed by atoms with E-state index in [-0.39, 0.29) is 5.97 Å². The van der Waals surface area contributed by atoms with Crippen molar-refractivity contribution in [2.75, 3.05) is 13.2 Å². The standard InChI is InChI=1S/C13H18ClNO2/c1-3-9-15-12(13(16)17-4-2)10-7-5-6-8-11(10)14/h5-8,12,15H,3-4,9H2,1-2H3. The quantitative estimate of drug-likeness (QED) is 0.795. The van der Waals surface area contributed by atoms with Gasteiger partial charge in [0.05, 0.1) is 6.61 Å². The molecule has 1 atom stereocenters. The maximum absolute atomic E-state index is 11.9. The molecule has 1 aromatic carbocycles. The van der Waals surface area contributed by atoms with Crippen LogP contribution < -0.4 is 5.32 Å². The Labute approximate surface area is 107 Å². The second-order valence-electron chi connectivity index (χ2n) is 3.66. The van der Waals surface area contributed by atoms with Gasteiger partial charge in [0.15, 0.2) is 0 Å². The van der Waals surface area contributed by atoms with Crippen molar-refractivity contribution in [2.24, 2.45) is 0 Å². The lowest BCUT2D eigenvalue weighted by Gasteiger charge is -2.18. The van der Waals surface area contributed by atoms with Gasteiger partial charge in [-0.25, -0.2) is 4.79 Å². The molecule has 0 saturated carbocycles. The summed E-state index contributed by atoms with van der Waals surface area (Å²) in [5, 5.41) is 3.73. The summed E-state index contributed by atoms with van der Waals surface area (Å²) in [7, 11) is 0. The van der Waals surface area contributed by atoms with Crippen LogP contribution in [0.2, 0.25) is 5.02 Å². The van der Waals surface area contributed by atoms with E-state index in [2.05, 4.69) is 5.32 Å². The minimum absolute atomic E-state index is 0.283. The van der Waals surface area contributed by atoms with Gasteiger partial charge in [0.1, 0.15) is 6.04 Å². The minimum Gasteiger partial charge on any atom is -0.465 e. The summed E-state index contributed by atoms with van der Waals surface area (Å²) in [5.41, 5.74) is 0.765. The van der Waals surface area contributed by atoms with Crippen LogP contribution in [-0.4, -0.2) is 19.1 Å². The molecule has 1 aromatic rings. The van der Waals surface area contributed by atoms with Gasteiger partial charge in [-0.15, -0.1) is 0 Å². The first-order chi connectivity index (χ1) is 8.20. The lowest BCUT2D eigenvalue weighted by atomic mass is 10.1. The molecule has 4 heteroatoms. The Bertz CT molecular complexity index is 368. The first-order valence-corrected chi connectivity index (χ1v) is 6.23. The first kappa shape index (κ1) is 14.0. The molecule has 94 valence electrons. The molecule has 0 spiro atoms. The predicted molar refractivity (Wildman–Crippen MR) is 69.1 cm³/mol. The van der Waals surface area contributed by atoms with E-state index in [1.54, 1.807) is 13.0 Å². The van der Waals surface area contributed by atoms with Gasteiger partial charge in [0, 0.05) is 5.02 Å². The summed E-state index contributed by atoms with van der Waals surface area (Å²) in [6.45, 7) is 4.95. The van der Waals surface area contributed by atoms with Crippen LogP contribution in [0.25, 0.3) is 0 Å². The van der Waals surface area contributed by atoms with Gasteiger partial charge in [-0.1, -0.05) is 36.7 Å². The first-order valence-electron chi connectivity index (χ1n) is 5.85. The summed E-state index contributed by atoms with van der Waals surface area (Å²) in [4.78, 5) is 11.9. The van der Waals surface area contributed by atoms with Crippen molar-refractivity contribution in [3.05, 3.63) is 34.9 Å². The number of nitrogens with one attached hydrogen (secondary N) is 1. The fraction of sp³-hybridized carbons (Fsp3) is 0.462. The second kappa shape index (κ2) is 7.30. The van der Waals surface area contributed by atoms with Crippen LogP contribution in [0.1, 0.15) is 31.9 Å². The molecule has 0 aliphatic rings. The number of hydrogen-bond acceptors (Lipinski definition) is 3. The molecule has 0 radical (unpaired) electrons. The number of rotatable bonds is 6. The Morgan fingerprint density at radius 2 is 2.12 bits per heavy atom. The summed E-state index contributed by atoms with van der Waals surface area (Å²) >= 11 is 6.09. The molecule has 0 fully saturated rings. The number of carbonyl (C=O) groups excluding carboxylic acids is 1. The molecule has 1 unspecified atom stereocenters. The minimum atomic E-state index is -0.483. The van der Waals surface area contributed by atoms with Crippen molar-refractivity contribution in [3.63, 3.8) is 0 Å². The van der Waals surface area contributed by atoms with Crippen molar-refractivity contribution in [1.82, 2.24) is 5.32 Å². The van der Waals surface area contributed by atoms with E-state index < -0.39 is 6.04 Å². The number of carbonyl (C=O) groups is 1. The highest BCUT2D eigenvalue weighted by molar-refractivity contribution is 6.31. The number of halogens is 1. The molecule has 17 heavy (non-hydrogen) atoms. The van der Waals surface area contributed by atoms with Gasteiger partial charge in [-0.2, -0.15) is 0 Å². The summed E-state index contributed by atoms with van der Waals surface area (Å²) in [6.07, 6.45) is 0.945. The molecule has 0 bridgehead atoms. The number of esters is 1. The zero-order valence-corrected chi connectivity index (χ0v) is 11.0. The Kier molecular flexibility index (Phi) is 6.01. The zero-order valence-electron chi connectivity index (χ0n) is 10.2. The molecule has 0 aromatic heterocycles. The normalized spacial score (nSPS) is 12.2. The second-order valence-corrected chi connectivity index (χ2v) is 4.07. The highest BCUT2D eigenvalue weighted by atomic mass is 35.5. The van der Waals surface area contributed by atoms with E-state index in [9.17, 15) is 4.79 Å². The van der Waals surface area contributed by atoms with Gasteiger partial charge in [-0.3, -0.25) is 0 Å². The van der Waals surface area contributed by atoms with Crippen LogP contribution in [0.5, 0.6) is 0 Å². The van der Waals surface area contributed by atoms with Crippen molar-refractivity contribution in [2.45, 2.75) is 26.3 Å². The van der Waals surface area contributed by atoms with Crippen LogP contribution in [0.3, 0.4) is 0 Å². The summed E-state index contributed by atoms with van der Waals surface area (Å²) in [5.74, 6) is -0.283. The van der Waals surface area contributed by atoms with Gasteiger partial charge in [0.25, 0.3) is 0 Å². The monoisotopic (exact) mass is 255 g/mol. The van der Waals surface area contributed by atoms with Gasteiger partial charge in [-0.05, 0) is 31.5 Å². The van der Waals surface area contributed by atoms with E-state index >= 15 is 0 Å². The fourth-order valence-corrected chi connectivity index (χ4v) is 1.79. The molecule has 1 N–H and O–H groups in total. The average molecular weight is 256 g/mol. The summed E-state index contributed by atoms with van der Waals surface area (Å²) in [6, 6.07) is 6.83. The van der Waals surface area contributed by atoms with Gasteiger partial charge in [0.2, 0.25) is 0 Å². The highest BCUT2D eigenvalue weighted by Gasteiger charge is 2.22. The van der Waals surface area contributed by atoms with E-state index in [1.165, 1.54) is 0 Å². The third-order valence-electron chi connectivity index (χ3n) is 2.34.